The summed E-state index contributed by atoms with van der Waals surface area (Å²) in [5, 5.41) is 9.67. The third-order valence-corrected chi connectivity index (χ3v) is 3.85. The molecule has 1 atom stereocenters. The van der Waals surface area contributed by atoms with Crippen LogP contribution in [0.2, 0.25) is 0 Å². The normalized spacial score (nSPS) is 16.9. The average molecular weight is 258 g/mol. The van der Waals surface area contributed by atoms with Gasteiger partial charge < -0.3 is 9.88 Å². The summed E-state index contributed by atoms with van der Waals surface area (Å²) in [6.45, 7) is 1.96. The van der Waals surface area contributed by atoms with Crippen molar-refractivity contribution in [3.05, 3.63) is 42.0 Å². The van der Waals surface area contributed by atoms with Gasteiger partial charge in [-0.3, -0.25) is 9.89 Å². The lowest BCUT2D eigenvalue weighted by Crippen LogP contribution is -2.30. The number of amides is 1. The number of nitrogens with zero attached hydrogens (tertiary/aromatic N) is 2. The number of rotatable bonds is 4. The summed E-state index contributed by atoms with van der Waals surface area (Å²) in [5.74, 6) is -0.0226. The molecule has 0 aromatic carbocycles. The van der Waals surface area contributed by atoms with Crippen molar-refractivity contribution in [1.82, 2.24) is 20.1 Å². The quantitative estimate of drug-likeness (QED) is 0.884. The van der Waals surface area contributed by atoms with Crippen LogP contribution in [-0.2, 0) is 0 Å². The molecule has 1 unspecified atom stereocenters. The minimum atomic E-state index is -0.0454. The van der Waals surface area contributed by atoms with Gasteiger partial charge in [-0.25, -0.2) is 0 Å². The van der Waals surface area contributed by atoms with E-state index in [1.807, 2.05) is 25.3 Å². The van der Waals surface area contributed by atoms with Crippen LogP contribution in [0.4, 0.5) is 0 Å². The van der Waals surface area contributed by atoms with Crippen molar-refractivity contribution >= 4 is 5.91 Å². The lowest BCUT2D eigenvalue weighted by Gasteiger charge is -2.29. The Balaban J connectivity index is 1.72. The Bertz CT molecular complexity index is 554. The Kier molecular flexibility index (Phi) is 3.11. The molecule has 2 aromatic rings. The minimum absolute atomic E-state index is 0.0226. The lowest BCUT2D eigenvalue weighted by molar-refractivity contribution is 0.0924. The largest absolute Gasteiger partial charge is 0.344 e. The molecule has 1 amide bonds. The molecule has 100 valence electrons. The monoisotopic (exact) mass is 258 g/mol. The van der Waals surface area contributed by atoms with E-state index >= 15 is 0 Å². The maximum Gasteiger partial charge on any atom is 0.268 e. The summed E-state index contributed by atoms with van der Waals surface area (Å²) < 4.78 is 2.10. The number of aromatic amines is 1. The molecule has 0 radical (unpaired) electrons. The van der Waals surface area contributed by atoms with Gasteiger partial charge in [-0.05, 0) is 38.3 Å². The van der Waals surface area contributed by atoms with Gasteiger partial charge in [0.25, 0.3) is 5.91 Å². The third-order valence-electron chi connectivity index (χ3n) is 3.85. The van der Waals surface area contributed by atoms with E-state index in [0.717, 1.165) is 11.3 Å². The fourth-order valence-electron chi connectivity index (χ4n) is 2.42. The molecule has 3 rings (SSSR count). The molecule has 5 nitrogen and oxygen atoms in total. The molecular weight excluding hydrogens is 240 g/mol. The van der Waals surface area contributed by atoms with Crippen LogP contribution in [0, 0.1) is 0 Å². The first-order valence-corrected chi connectivity index (χ1v) is 6.72. The zero-order valence-corrected chi connectivity index (χ0v) is 11.0. The number of hydrogen-bond donors (Lipinski definition) is 2. The molecule has 19 heavy (non-hydrogen) atoms. The van der Waals surface area contributed by atoms with Gasteiger partial charge in [0.1, 0.15) is 5.69 Å². The standard InChI is InChI=1S/C14H18N4O/c1-10(11-8-15-16-9-11)17-14(19)13-6-3-7-18(13)12-4-2-5-12/h3,6-10,12H,2,4-5H2,1H3,(H,15,16)(H,17,19). The number of H-pyrrole nitrogens is 1. The fraction of sp³-hybridized carbons (Fsp3) is 0.429. The topological polar surface area (TPSA) is 62.7 Å². The van der Waals surface area contributed by atoms with E-state index in [1.54, 1.807) is 12.4 Å². The predicted octanol–water partition coefficient (Wildman–Crippen LogP) is 2.43. The number of carbonyl (C=O) groups is 1. The molecular formula is C14H18N4O. The van der Waals surface area contributed by atoms with Gasteiger partial charge in [-0.15, -0.1) is 0 Å². The minimum Gasteiger partial charge on any atom is -0.344 e. The first-order chi connectivity index (χ1) is 9.25. The number of hydrogen-bond acceptors (Lipinski definition) is 2. The Hall–Kier alpha value is -2.04. The summed E-state index contributed by atoms with van der Waals surface area (Å²) in [6.07, 6.45) is 9.14. The summed E-state index contributed by atoms with van der Waals surface area (Å²) >= 11 is 0. The third kappa shape index (κ3) is 2.28. The second-order valence-electron chi connectivity index (χ2n) is 5.11. The molecule has 1 aliphatic carbocycles. The van der Waals surface area contributed by atoms with Gasteiger partial charge in [-0.2, -0.15) is 5.10 Å². The molecule has 1 saturated carbocycles. The molecule has 0 saturated heterocycles. The van der Waals surface area contributed by atoms with Crippen LogP contribution in [0.3, 0.4) is 0 Å². The zero-order valence-electron chi connectivity index (χ0n) is 11.0. The van der Waals surface area contributed by atoms with Crippen LogP contribution in [0.15, 0.2) is 30.7 Å². The summed E-state index contributed by atoms with van der Waals surface area (Å²) in [7, 11) is 0. The van der Waals surface area contributed by atoms with E-state index in [-0.39, 0.29) is 11.9 Å². The van der Waals surface area contributed by atoms with Crippen LogP contribution in [-0.4, -0.2) is 20.7 Å². The highest BCUT2D eigenvalue weighted by molar-refractivity contribution is 5.93. The van der Waals surface area contributed by atoms with Crippen LogP contribution in [0.1, 0.15) is 54.3 Å². The van der Waals surface area contributed by atoms with Crippen molar-refractivity contribution < 1.29 is 4.79 Å². The Morgan fingerprint density at radius 1 is 1.58 bits per heavy atom. The number of aromatic nitrogens is 3. The second-order valence-corrected chi connectivity index (χ2v) is 5.11. The Morgan fingerprint density at radius 3 is 3.05 bits per heavy atom. The van der Waals surface area contributed by atoms with Gasteiger partial charge in [0.15, 0.2) is 0 Å². The lowest BCUT2D eigenvalue weighted by atomic mass is 9.93. The maximum absolute atomic E-state index is 12.3. The molecule has 0 aliphatic heterocycles. The molecule has 2 N–H and O–H groups in total. The van der Waals surface area contributed by atoms with Crippen molar-refractivity contribution in [3.8, 4) is 0 Å². The number of carbonyl (C=O) groups excluding carboxylic acids is 1. The first-order valence-electron chi connectivity index (χ1n) is 6.72. The highest BCUT2D eigenvalue weighted by atomic mass is 16.2. The van der Waals surface area contributed by atoms with Gasteiger partial charge in [0.2, 0.25) is 0 Å². The van der Waals surface area contributed by atoms with E-state index in [0.29, 0.717) is 6.04 Å². The maximum atomic E-state index is 12.3. The molecule has 2 heterocycles. The Morgan fingerprint density at radius 2 is 2.42 bits per heavy atom. The average Bonchev–Trinajstić information content (AvgIpc) is 2.97. The van der Waals surface area contributed by atoms with E-state index < -0.39 is 0 Å². The zero-order chi connectivity index (χ0) is 13.2. The van der Waals surface area contributed by atoms with E-state index in [2.05, 4.69) is 20.1 Å². The molecule has 1 fully saturated rings. The summed E-state index contributed by atoms with van der Waals surface area (Å²) in [6, 6.07) is 4.28. The van der Waals surface area contributed by atoms with Gasteiger partial charge in [0.05, 0.1) is 12.2 Å². The molecule has 1 aliphatic rings. The van der Waals surface area contributed by atoms with E-state index in [9.17, 15) is 4.79 Å². The van der Waals surface area contributed by atoms with Crippen LogP contribution < -0.4 is 5.32 Å². The van der Waals surface area contributed by atoms with Crippen LogP contribution in [0.25, 0.3) is 0 Å². The van der Waals surface area contributed by atoms with Crippen molar-refractivity contribution in [1.29, 1.82) is 0 Å². The van der Waals surface area contributed by atoms with Gasteiger partial charge in [0, 0.05) is 24.0 Å². The van der Waals surface area contributed by atoms with E-state index in [4.69, 9.17) is 0 Å². The van der Waals surface area contributed by atoms with Gasteiger partial charge in [-0.1, -0.05) is 0 Å². The van der Waals surface area contributed by atoms with Crippen LogP contribution in [0.5, 0.6) is 0 Å². The second kappa shape index (κ2) is 4.91. The van der Waals surface area contributed by atoms with E-state index in [1.165, 1.54) is 19.3 Å². The predicted molar refractivity (Wildman–Crippen MR) is 71.8 cm³/mol. The Labute approximate surface area is 112 Å². The molecule has 0 bridgehead atoms. The SMILES string of the molecule is CC(NC(=O)c1cccn1C1CCC1)c1cn[nH]c1. The first kappa shape index (κ1) is 12.0. The molecule has 5 heteroatoms. The number of nitrogens with one attached hydrogen (secondary N) is 2. The highest BCUT2D eigenvalue weighted by Crippen LogP contribution is 2.32. The van der Waals surface area contributed by atoms with Crippen molar-refractivity contribution in [2.75, 3.05) is 0 Å². The molecule has 2 aromatic heterocycles. The fourth-order valence-corrected chi connectivity index (χ4v) is 2.42. The van der Waals surface area contributed by atoms with Crippen molar-refractivity contribution in [2.45, 2.75) is 38.3 Å². The van der Waals surface area contributed by atoms with Crippen molar-refractivity contribution in [3.63, 3.8) is 0 Å². The van der Waals surface area contributed by atoms with Crippen LogP contribution >= 0.6 is 0 Å². The molecule has 0 spiro atoms. The highest BCUT2D eigenvalue weighted by Gasteiger charge is 2.23. The van der Waals surface area contributed by atoms with Crippen molar-refractivity contribution in [2.24, 2.45) is 0 Å². The summed E-state index contributed by atoms with van der Waals surface area (Å²) in [4.78, 5) is 12.3. The smallest absolute Gasteiger partial charge is 0.268 e. The summed E-state index contributed by atoms with van der Waals surface area (Å²) in [5.41, 5.74) is 1.73. The van der Waals surface area contributed by atoms with Gasteiger partial charge >= 0.3 is 0 Å².